The van der Waals surface area contributed by atoms with E-state index in [9.17, 15) is 52.7 Å². The highest BCUT2D eigenvalue weighted by molar-refractivity contribution is 6.03. The summed E-state index contributed by atoms with van der Waals surface area (Å²) < 4.78 is 0. The monoisotopic (exact) mass is 1800 g/mol. The average molecular weight is 1800 g/mol. The van der Waals surface area contributed by atoms with Crippen molar-refractivity contribution >= 4 is 105 Å². The largest absolute Gasteiger partial charge is 0.368 e. The highest BCUT2D eigenvalue weighted by Gasteiger charge is 2.45. The van der Waals surface area contributed by atoms with Crippen molar-refractivity contribution in [2.75, 3.05) is 39.3 Å². The van der Waals surface area contributed by atoms with Crippen molar-refractivity contribution in [3.63, 3.8) is 0 Å². The van der Waals surface area contributed by atoms with E-state index >= 15 is 24.0 Å². The molecule has 0 spiro atoms. The summed E-state index contributed by atoms with van der Waals surface area (Å²) >= 11 is 0. The van der Waals surface area contributed by atoms with Gasteiger partial charge in [0.1, 0.15) is 88.6 Å². The van der Waals surface area contributed by atoms with Crippen LogP contribution in [0.25, 0.3) is 10.9 Å². The minimum Gasteiger partial charge on any atom is -0.368 e. The fourth-order valence-corrected chi connectivity index (χ4v) is 15.1. The van der Waals surface area contributed by atoms with Crippen molar-refractivity contribution in [1.29, 1.82) is 0 Å². The van der Waals surface area contributed by atoms with Gasteiger partial charge < -0.3 is 125 Å². The lowest BCUT2D eigenvalue weighted by atomic mass is 9.91. The quantitative estimate of drug-likeness (QED) is 0.0301. The summed E-state index contributed by atoms with van der Waals surface area (Å²) in [5.41, 5.74) is 35.3. The van der Waals surface area contributed by atoms with Gasteiger partial charge in [-0.1, -0.05) is 42.5 Å². The molecular formula is C89H151N23O16. The van der Waals surface area contributed by atoms with Gasteiger partial charge in [-0.15, -0.1) is 0 Å². The Morgan fingerprint density at radius 3 is 1.14 bits per heavy atom. The highest BCUT2D eigenvalue weighted by atomic mass is 16.2. The second kappa shape index (κ2) is 56.8. The van der Waals surface area contributed by atoms with E-state index in [-0.39, 0.29) is 122 Å². The minimum atomic E-state index is -1.84. The Hall–Kier alpha value is -10.5. The molecule has 2 aromatic rings. The van der Waals surface area contributed by atoms with E-state index in [1.165, 1.54) is 62.3 Å². The molecule has 718 valence electrons. The van der Waals surface area contributed by atoms with E-state index in [4.69, 9.17) is 40.1 Å². The van der Waals surface area contributed by atoms with E-state index in [1.807, 2.05) is 48.6 Å². The molecule has 1 aromatic carbocycles. The number of amides is 16. The maximum atomic E-state index is 15.3. The van der Waals surface area contributed by atoms with E-state index in [0.717, 1.165) is 10.9 Å². The minimum absolute atomic E-state index is 0.0210. The van der Waals surface area contributed by atoms with Gasteiger partial charge in [-0.2, -0.15) is 0 Å². The Morgan fingerprint density at radius 2 is 0.742 bits per heavy atom. The van der Waals surface area contributed by atoms with Crippen molar-refractivity contribution in [2.45, 2.75) is 350 Å². The van der Waals surface area contributed by atoms with Gasteiger partial charge in [0.15, 0.2) is 0 Å². The number of para-hydroxylation sites is 1. The molecule has 2 aliphatic rings. The molecule has 0 bridgehead atoms. The van der Waals surface area contributed by atoms with Crippen molar-refractivity contribution in [3.8, 4) is 0 Å². The Kier molecular flexibility index (Phi) is 48.7. The zero-order chi connectivity index (χ0) is 95.2. The number of benzene rings is 1. The second-order valence-corrected chi connectivity index (χ2v) is 34.9. The van der Waals surface area contributed by atoms with Crippen LogP contribution >= 0.6 is 0 Å². The predicted octanol–water partition coefficient (Wildman–Crippen LogP) is -0.278. The Morgan fingerprint density at radius 1 is 0.398 bits per heavy atom. The lowest BCUT2D eigenvalue weighted by Crippen LogP contribution is -2.65. The van der Waals surface area contributed by atoms with Crippen LogP contribution in [0, 0.1) is 0 Å². The third kappa shape index (κ3) is 37.3. The molecule has 0 fully saturated rings. The molecule has 2 aliphatic heterocycles. The fourth-order valence-electron chi connectivity index (χ4n) is 15.1. The van der Waals surface area contributed by atoms with Gasteiger partial charge in [-0.25, -0.2) is 0 Å². The number of allylic oxidation sites excluding steroid dienone is 4. The molecule has 0 aliphatic carbocycles. The molecule has 3 heterocycles. The van der Waals surface area contributed by atoms with Crippen molar-refractivity contribution in [3.05, 3.63) is 60.3 Å². The first-order chi connectivity index (χ1) is 60.8. The van der Waals surface area contributed by atoms with E-state index in [2.05, 4.69) is 84.7 Å². The first-order valence-electron chi connectivity index (χ1n) is 45.7. The van der Waals surface area contributed by atoms with Crippen LogP contribution in [0.5, 0.6) is 0 Å². The number of H-pyrrole nitrogens is 1. The number of aromatic nitrogens is 1. The van der Waals surface area contributed by atoms with Gasteiger partial charge in [-0.05, 0) is 299 Å². The van der Waals surface area contributed by atoms with Gasteiger partial charge in [0.05, 0.1) is 0 Å². The number of nitrogens with two attached hydrogens (primary N) is 7. The van der Waals surface area contributed by atoms with Crippen LogP contribution in [0.1, 0.15) is 261 Å². The number of fused-ring (bicyclic) bond motifs is 1. The number of hydrogen-bond acceptors (Lipinski definition) is 22. The number of nitrogens with one attached hydrogen (secondary N) is 16. The Labute approximate surface area is 753 Å². The maximum Gasteiger partial charge on any atom is 0.246 e. The molecule has 15 atom stereocenters. The molecule has 39 heteroatoms. The average Bonchev–Trinajstić information content (AvgIpc) is 1.54. The molecule has 0 radical (unpaired) electrons. The topological polar surface area (TPSA) is 651 Å². The van der Waals surface area contributed by atoms with Gasteiger partial charge in [0.25, 0.3) is 0 Å². The van der Waals surface area contributed by atoms with E-state index in [0.29, 0.717) is 121 Å². The van der Waals surface area contributed by atoms with Gasteiger partial charge in [0, 0.05) is 30.4 Å². The third-order valence-corrected chi connectivity index (χ3v) is 23.4. The highest BCUT2D eigenvalue weighted by Crippen LogP contribution is 2.26. The van der Waals surface area contributed by atoms with Crippen LogP contribution in [-0.2, 0) is 83.1 Å². The number of carbonyl (C=O) groups excluding carboxylic acids is 16. The summed E-state index contributed by atoms with van der Waals surface area (Å²) in [4.78, 5) is 233. The number of aromatic amines is 1. The molecule has 1 aromatic heterocycles. The Balaban J connectivity index is 1.73. The Bertz CT molecular complexity index is 4050. The molecule has 0 saturated carbocycles. The summed E-state index contributed by atoms with van der Waals surface area (Å²) in [6, 6.07) is -6.80. The number of primary amides is 1. The number of unbranched alkanes of at least 4 members (excludes halogenated alkanes) is 6. The normalized spacial score (nSPS) is 25.0. The van der Waals surface area contributed by atoms with Crippen molar-refractivity contribution < 1.29 is 76.7 Å². The third-order valence-electron chi connectivity index (χ3n) is 23.4. The van der Waals surface area contributed by atoms with E-state index in [1.54, 1.807) is 6.20 Å². The summed E-state index contributed by atoms with van der Waals surface area (Å²) in [5.74, 6) is -12.2. The van der Waals surface area contributed by atoms with Gasteiger partial charge >= 0.3 is 0 Å². The maximum absolute atomic E-state index is 15.3. The smallest absolute Gasteiger partial charge is 0.246 e. The molecular weight excluding hydrogens is 1650 g/mol. The molecule has 0 saturated heterocycles. The molecule has 39 nitrogen and oxygen atoms in total. The predicted molar refractivity (Wildman–Crippen MR) is 488 cm³/mol. The lowest BCUT2D eigenvalue weighted by molar-refractivity contribution is -0.139. The van der Waals surface area contributed by atoms with Gasteiger partial charge in [0.2, 0.25) is 94.5 Å². The van der Waals surface area contributed by atoms with Crippen LogP contribution in [0.2, 0.25) is 0 Å². The fraction of sp³-hybridized carbons (Fsp3) is 0.685. The van der Waals surface area contributed by atoms with Crippen LogP contribution in [0.3, 0.4) is 0 Å². The molecule has 0 unspecified atom stereocenters. The standard InChI is InChI=1S/C89H151N23O16/c1-56-72(115)104-65(39-21-31-49-91)76(119)98-58(3)74(117)109-88(8,46-28-16-12-10-14-26-44-86(6,82(125)100-56)111-80(123)68(102-60(5)113)42-24-34-52-94)84(127)107-67(41-23-33-51-93)78(121)106-69(43-25-35-53-95)81(124)112-87(7)45-27-15-11-13-17-29-47-89(9,110-75(118)59(4)99-77(120)66(40-22-32-50-92)105-73(116)57(2)101-83(87)126)85(128)108-70(54-61-55-97-63-37-19-18-36-62(61)63)79(122)103-64(71(96)114)38-20-30-48-90/h10-13,18-19,36-37,55-59,64-70,97H,14-17,20-35,38-54,90-95H2,1-9H3,(H2,96,114)(H,98,119)(H,99,120)(H,100,125)(H,101,126)(H,102,113)(H,103,122)(H,104,115)(H,105,116)(H,106,121)(H,107,127)(H,108,128)(H,109,117)(H,110,118)(H,111,123)(H,112,124)/b12-10-,13-11-/t56-,57-,58-,59-,64-,65-,66-,67-,68-,69-,70-,86+,87+,88+,89+/m0/s1. The van der Waals surface area contributed by atoms with E-state index < -0.39 is 183 Å². The van der Waals surface area contributed by atoms with Crippen molar-refractivity contribution in [2.24, 2.45) is 40.1 Å². The lowest BCUT2D eigenvalue weighted by Gasteiger charge is -2.34. The van der Waals surface area contributed by atoms with Crippen LogP contribution in [0.15, 0.2) is 54.8 Å². The summed E-state index contributed by atoms with van der Waals surface area (Å²) in [5, 5.41) is 42.3. The summed E-state index contributed by atoms with van der Waals surface area (Å²) in [6.45, 7) is 14.3. The summed E-state index contributed by atoms with van der Waals surface area (Å²) in [6.07, 6.45) is 16.9. The molecule has 16 amide bonds. The van der Waals surface area contributed by atoms with Crippen molar-refractivity contribution in [1.82, 2.24) is 84.7 Å². The molecule has 4 rings (SSSR count). The molecule has 128 heavy (non-hydrogen) atoms. The second-order valence-electron chi connectivity index (χ2n) is 34.9. The SMILES string of the molecule is CC(=O)N[C@@H](CCCCN)C(=O)N[C@]1(C)CCC/C=C\CCC[C@](C)(C(=O)N[C@@H](CCCCN)C(=O)N[C@@H](CCCCN)C(=O)N[C@]2(C)CCC/C=C\CCC[C@](C)(C(=O)N[C@@H](Cc3c[nH]c4ccccc34)C(=O)N[C@@H](CCCCN)C(N)=O)NC(=O)[C@H](C)NC(=O)[C@H](CCCCN)NC(=O)[C@H](C)NC2=O)NC(=O)[C@H](C)NC(=O)[C@H](CCCCN)NC(=O)[C@H](C)NC1=O. The summed E-state index contributed by atoms with van der Waals surface area (Å²) in [7, 11) is 0. The van der Waals surface area contributed by atoms with Crippen LogP contribution < -0.4 is 120 Å². The first-order valence-corrected chi connectivity index (χ1v) is 45.7. The van der Waals surface area contributed by atoms with Gasteiger partial charge in [-0.3, -0.25) is 76.7 Å². The number of carbonyl (C=O) groups is 16. The number of hydrogen-bond donors (Lipinski definition) is 23. The first kappa shape index (κ1) is 110. The van der Waals surface area contributed by atoms with Crippen LogP contribution in [0.4, 0.5) is 0 Å². The number of rotatable bonds is 40. The molecule has 30 N–H and O–H groups in total. The zero-order valence-electron chi connectivity index (χ0n) is 76.8. The van der Waals surface area contributed by atoms with Crippen LogP contribution in [-0.4, -0.2) is 227 Å². The zero-order valence-corrected chi connectivity index (χ0v) is 76.8.